The fourth-order valence-corrected chi connectivity index (χ4v) is 3.96. The molecule has 3 amide bonds. The van der Waals surface area contributed by atoms with Crippen LogP contribution in [0.1, 0.15) is 44.2 Å². The van der Waals surface area contributed by atoms with Crippen LogP contribution in [0.15, 0.2) is 18.2 Å². The molecule has 0 radical (unpaired) electrons. The maximum Gasteiger partial charge on any atom is 0.228 e. The lowest BCUT2D eigenvalue weighted by Gasteiger charge is -2.25. The molecule has 0 aliphatic carbocycles. The molecule has 2 aliphatic heterocycles. The number of anilines is 1. The first-order valence-corrected chi connectivity index (χ1v) is 10.00. The van der Waals surface area contributed by atoms with Gasteiger partial charge in [0.05, 0.1) is 12.8 Å². The summed E-state index contributed by atoms with van der Waals surface area (Å²) >= 11 is 0. The molecule has 1 N–H and O–H groups in total. The fourth-order valence-electron chi connectivity index (χ4n) is 3.96. The van der Waals surface area contributed by atoms with Crippen LogP contribution in [0, 0.1) is 5.92 Å². The third-order valence-corrected chi connectivity index (χ3v) is 5.65. The first-order valence-electron chi connectivity index (χ1n) is 10.00. The molecule has 6 heteroatoms. The third-order valence-electron chi connectivity index (χ3n) is 5.65. The minimum Gasteiger partial charge on any atom is -0.341 e. The van der Waals surface area contributed by atoms with E-state index in [1.807, 2.05) is 28.0 Å². The lowest BCUT2D eigenvalue weighted by molar-refractivity contribution is -0.136. The van der Waals surface area contributed by atoms with Crippen LogP contribution in [-0.4, -0.2) is 53.7 Å². The number of amides is 3. The smallest absolute Gasteiger partial charge is 0.228 e. The fraction of sp³-hybridized carbons (Fsp3) is 0.571. The van der Waals surface area contributed by atoms with Gasteiger partial charge in [0.1, 0.15) is 0 Å². The van der Waals surface area contributed by atoms with Crippen molar-refractivity contribution in [3.63, 3.8) is 0 Å². The van der Waals surface area contributed by atoms with E-state index in [9.17, 15) is 14.4 Å². The van der Waals surface area contributed by atoms with E-state index >= 15 is 0 Å². The Morgan fingerprint density at radius 2 is 1.78 bits per heavy atom. The maximum atomic E-state index is 12.7. The average molecular weight is 371 g/mol. The average Bonchev–Trinajstić information content (AvgIpc) is 2.86. The lowest BCUT2D eigenvalue weighted by atomic mass is 10.0. The minimum atomic E-state index is 0.00298. The molecule has 2 aliphatic rings. The van der Waals surface area contributed by atoms with Gasteiger partial charge in [0.25, 0.3) is 0 Å². The summed E-state index contributed by atoms with van der Waals surface area (Å²) in [7, 11) is 0. The van der Waals surface area contributed by atoms with Crippen LogP contribution in [0.2, 0.25) is 0 Å². The summed E-state index contributed by atoms with van der Waals surface area (Å²) in [5.74, 6) is 0.410. The summed E-state index contributed by atoms with van der Waals surface area (Å²) < 4.78 is 0. The standard InChI is InChI=1S/C21H29N3O3/c1-3-16(4-2)21(27)24-9-5-8-23(10-11-24)20(26)13-15-6-7-18-17(12-15)14-19(25)22-18/h6-7,12,16H,3-5,8-11,13-14H2,1-2H3,(H,22,25). The zero-order valence-corrected chi connectivity index (χ0v) is 16.3. The van der Waals surface area contributed by atoms with Gasteiger partial charge in [-0.2, -0.15) is 0 Å². The SMILES string of the molecule is CCC(CC)C(=O)N1CCCN(C(=O)Cc2ccc3c(c2)CC(=O)N3)CC1. The quantitative estimate of drug-likeness (QED) is 0.863. The van der Waals surface area contributed by atoms with Crippen molar-refractivity contribution in [2.75, 3.05) is 31.5 Å². The second kappa shape index (κ2) is 8.55. The van der Waals surface area contributed by atoms with E-state index in [0.29, 0.717) is 32.5 Å². The van der Waals surface area contributed by atoms with Crippen molar-refractivity contribution >= 4 is 23.4 Å². The molecule has 0 atom stereocenters. The van der Waals surface area contributed by atoms with Crippen LogP contribution in [0.3, 0.4) is 0 Å². The van der Waals surface area contributed by atoms with Crippen LogP contribution >= 0.6 is 0 Å². The summed E-state index contributed by atoms with van der Waals surface area (Å²) in [5, 5.41) is 2.81. The van der Waals surface area contributed by atoms with Gasteiger partial charge in [0, 0.05) is 37.8 Å². The Morgan fingerprint density at radius 1 is 1.07 bits per heavy atom. The highest BCUT2D eigenvalue weighted by Crippen LogP contribution is 2.24. The number of rotatable bonds is 5. The molecule has 0 unspecified atom stereocenters. The van der Waals surface area contributed by atoms with Crippen molar-refractivity contribution in [1.29, 1.82) is 0 Å². The number of hydrogen-bond acceptors (Lipinski definition) is 3. The highest BCUT2D eigenvalue weighted by atomic mass is 16.2. The van der Waals surface area contributed by atoms with Gasteiger partial charge < -0.3 is 15.1 Å². The van der Waals surface area contributed by atoms with Crippen LogP contribution in [0.5, 0.6) is 0 Å². The molecular weight excluding hydrogens is 342 g/mol. The molecule has 0 spiro atoms. The normalized spacial score (nSPS) is 16.9. The van der Waals surface area contributed by atoms with Crippen molar-refractivity contribution in [2.24, 2.45) is 5.92 Å². The second-order valence-corrected chi connectivity index (χ2v) is 7.47. The Labute approximate surface area is 160 Å². The Bertz CT molecular complexity index is 727. The van der Waals surface area contributed by atoms with E-state index in [-0.39, 0.29) is 23.6 Å². The summed E-state index contributed by atoms with van der Waals surface area (Å²) in [6.45, 7) is 6.74. The zero-order valence-electron chi connectivity index (χ0n) is 16.3. The molecule has 2 heterocycles. The second-order valence-electron chi connectivity index (χ2n) is 7.47. The van der Waals surface area contributed by atoms with Gasteiger partial charge in [-0.1, -0.05) is 26.0 Å². The predicted molar refractivity (Wildman–Crippen MR) is 104 cm³/mol. The molecule has 27 heavy (non-hydrogen) atoms. The molecule has 1 aromatic rings. The van der Waals surface area contributed by atoms with E-state index < -0.39 is 0 Å². The monoisotopic (exact) mass is 371 g/mol. The third kappa shape index (κ3) is 4.49. The Kier molecular flexibility index (Phi) is 6.14. The summed E-state index contributed by atoms with van der Waals surface area (Å²) in [6.07, 6.45) is 3.27. The van der Waals surface area contributed by atoms with Crippen molar-refractivity contribution in [2.45, 2.75) is 46.0 Å². The molecule has 6 nitrogen and oxygen atoms in total. The first-order chi connectivity index (χ1) is 13.0. The summed E-state index contributed by atoms with van der Waals surface area (Å²) in [4.78, 5) is 40.6. The van der Waals surface area contributed by atoms with Crippen LogP contribution in [0.4, 0.5) is 5.69 Å². The number of carbonyl (C=O) groups is 3. The van der Waals surface area contributed by atoms with Gasteiger partial charge in [-0.25, -0.2) is 0 Å². The van der Waals surface area contributed by atoms with E-state index in [1.165, 1.54) is 0 Å². The zero-order chi connectivity index (χ0) is 19.4. The number of benzene rings is 1. The summed E-state index contributed by atoms with van der Waals surface area (Å²) in [5.41, 5.74) is 2.74. The van der Waals surface area contributed by atoms with Crippen molar-refractivity contribution in [3.8, 4) is 0 Å². The van der Waals surface area contributed by atoms with Gasteiger partial charge in [-0.3, -0.25) is 14.4 Å². The minimum absolute atomic E-state index is 0.00298. The topological polar surface area (TPSA) is 69.7 Å². The van der Waals surface area contributed by atoms with Crippen LogP contribution < -0.4 is 5.32 Å². The van der Waals surface area contributed by atoms with E-state index in [0.717, 1.165) is 42.6 Å². The van der Waals surface area contributed by atoms with E-state index in [4.69, 9.17) is 0 Å². The Balaban J connectivity index is 1.58. The van der Waals surface area contributed by atoms with Gasteiger partial charge in [0.15, 0.2) is 0 Å². The van der Waals surface area contributed by atoms with E-state index in [1.54, 1.807) is 0 Å². The van der Waals surface area contributed by atoms with Crippen molar-refractivity contribution in [1.82, 2.24) is 9.80 Å². The number of nitrogens with one attached hydrogen (secondary N) is 1. The number of hydrogen-bond donors (Lipinski definition) is 1. The molecular formula is C21H29N3O3. The number of carbonyl (C=O) groups excluding carboxylic acids is 3. The molecule has 3 rings (SSSR count). The Morgan fingerprint density at radius 3 is 2.52 bits per heavy atom. The largest absolute Gasteiger partial charge is 0.341 e. The molecule has 1 saturated heterocycles. The van der Waals surface area contributed by atoms with Gasteiger partial charge >= 0.3 is 0 Å². The van der Waals surface area contributed by atoms with Crippen molar-refractivity contribution in [3.05, 3.63) is 29.3 Å². The van der Waals surface area contributed by atoms with Gasteiger partial charge in [0.2, 0.25) is 17.7 Å². The molecule has 1 fully saturated rings. The van der Waals surface area contributed by atoms with Gasteiger partial charge in [-0.15, -0.1) is 0 Å². The lowest BCUT2D eigenvalue weighted by Crippen LogP contribution is -2.40. The maximum absolute atomic E-state index is 12.7. The van der Waals surface area contributed by atoms with Gasteiger partial charge in [-0.05, 0) is 36.5 Å². The predicted octanol–water partition coefficient (Wildman–Crippen LogP) is 2.22. The first kappa shape index (κ1) is 19.4. The molecule has 146 valence electrons. The highest BCUT2D eigenvalue weighted by Gasteiger charge is 2.26. The summed E-state index contributed by atoms with van der Waals surface area (Å²) in [6, 6.07) is 5.73. The van der Waals surface area contributed by atoms with E-state index in [2.05, 4.69) is 19.2 Å². The molecule has 0 saturated carbocycles. The molecule has 0 aromatic heterocycles. The Hall–Kier alpha value is -2.37. The molecule has 0 bridgehead atoms. The number of fused-ring (bicyclic) bond motifs is 1. The highest BCUT2D eigenvalue weighted by molar-refractivity contribution is 5.99. The van der Waals surface area contributed by atoms with Crippen LogP contribution in [0.25, 0.3) is 0 Å². The number of nitrogens with zero attached hydrogens (tertiary/aromatic N) is 2. The van der Waals surface area contributed by atoms with Crippen molar-refractivity contribution < 1.29 is 14.4 Å². The van der Waals surface area contributed by atoms with Crippen LogP contribution in [-0.2, 0) is 27.2 Å². The molecule has 1 aromatic carbocycles.